The predicted molar refractivity (Wildman–Crippen MR) is 121 cm³/mol. The summed E-state index contributed by atoms with van der Waals surface area (Å²) < 4.78 is 28.9. The number of hydrogen-bond donors (Lipinski definition) is 1. The fraction of sp³-hybridized carbons (Fsp3) is 0.385. The Morgan fingerprint density at radius 1 is 1.06 bits per heavy atom. The van der Waals surface area contributed by atoms with Crippen molar-refractivity contribution in [1.82, 2.24) is 15.1 Å². The Morgan fingerprint density at radius 2 is 1.81 bits per heavy atom. The minimum Gasteiger partial charge on any atom is -0.350 e. The number of halogens is 2. The van der Waals surface area contributed by atoms with Crippen LogP contribution in [-0.4, -0.2) is 15.7 Å². The summed E-state index contributed by atoms with van der Waals surface area (Å²) in [5.41, 5.74) is 5.41. The van der Waals surface area contributed by atoms with Crippen LogP contribution in [0, 0.1) is 11.6 Å². The first-order valence-corrected chi connectivity index (χ1v) is 11.1. The van der Waals surface area contributed by atoms with E-state index in [1.807, 2.05) is 39.8 Å². The van der Waals surface area contributed by atoms with Crippen LogP contribution in [0.15, 0.2) is 42.5 Å². The molecule has 168 valence electrons. The summed E-state index contributed by atoms with van der Waals surface area (Å²) in [6.07, 6.45) is 3.35. The summed E-state index contributed by atoms with van der Waals surface area (Å²) in [5.74, 6) is -2.22. The minimum atomic E-state index is -0.935. The van der Waals surface area contributed by atoms with Crippen LogP contribution in [0.4, 0.5) is 8.78 Å². The number of benzene rings is 2. The number of aryl methyl sites for hydroxylation is 2. The van der Waals surface area contributed by atoms with Crippen LogP contribution in [-0.2, 0) is 29.6 Å². The SMILES string of the molecule is CC(C(=O)NCc1cc(C(C)(C)C)nn1-c1ccc(F)c(F)c1)c1ccc2c(c1)CCC2. The zero-order chi connectivity index (χ0) is 23.0. The van der Waals surface area contributed by atoms with E-state index >= 15 is 0 Å². The van der Waals surface area contributed by atoms with E-state index in [1.165, 1.54) is 23.6 Å². The number of aromatic nitrogens is 2. The molecule has 0 bridgehead atoms. The molecule has 0 saturated heterocycles. The second-order valence-electron chi connectivity index (χ2n) is 9.60. The van der Waals surface area contributed by atoms with E-state index in [1.54, 1.807) is 4.68 Å². The predicted octanol–water partition coefficient (Wildman–Crippen LogP) is 5.36. The molecule has 1 amide bonds. The first kappa shape index (κ1) is 22.2. The van der Waals surface area contributed by atoms with Crippen molar-refractivity contribution in [1.29, 1.82) is 0 Å². The zero-order valence-corrected chi connectivity index (χ0v) is 19.0. The number of rotatable bonds is 5. The maximum absolute atomic E-state index is 13.9. The van der Waals surface area contributed by atoms with Crippen molar-refractivity contribution in [2.75, 3.05) is 0 Å². The van der Waals surface area contributed by atoms with Crippen LogP contribution in [0.2, 0.25) is 0 Å². The Hall–Kier alpha value is -3.02. The summed E-state index contributed by atoms with van der Waals surface area (Å²) in [7, 11) is 0. The molecule has 1 aromatic heterocycles. The molecule has 0 aliphatic heterocycles. The van der Waals surface area contributed by atoms with Gasteiger partial charge >= 0.3 is 0 Å². The molecule has 2 aromatic carbocycles. The Labute approximate surface area is 187 Å². The van der Waals surface area contributed by atoms with Gasteiger partial charge in [-0.3, -0.25) is 4.79 Å². The lowest BCUT2D eigenvalue weighted by molar-refractivity contribution is -0.122. The summed E-state index contributed by atoms with van der Waals surface area (Å²) in [6, 6.07) is 11.9. The van der Waals surface area contributed by atoms with Gasteiger partial charge in [-0.2, -0.15) is 5.10 Å². The van der Waals surface area contributed by atoms with Crippen LogP contribution in [0.5, 0.6) is 0 Å². The number of nitrogens with one attached hydrogen (secondary N) is 1. The van der Waals surface area contributed by atoms with E-state index in [0.29, 0.717) is 11.4 Å². The van der Waals surface area contributed by atoms with Crippen molar-refractivity contribution in [3.05, 3.63) is 82.2 Å². The third-order valence-electron chi connectivity index (χ3n) is 6.16. The first-order valence-electron chi connectivity index (χ1n) is 11.1. The number of amides is 1. The van der Waals surface area contributed by atoms with Crippen molar-refractivity contribution < 1.29 is 13.6 Å². The lowest BCUT2D eigenvalue weighted by Crippen LogP contribution is -2.28. The largest absolute Gasteiger partial charge is 0.350 e. The van der Waals surface area contributed by atoms with E-state index in [4.69, 9.17) is 0 Å². The van der Waals surface area contributed by atoms with Gasteiger partial charge in [-0.1, -0.05) is 39.0 Å². The number of carbonyl (C=O) groups is 1. The van der Waals surface area contributed by atoms with Crippen molar-refractivity contribution in [3.63, 3.8) is 0 Å². The van der Waals surface area contributed by atoms with Gasteiger partial charge in [0.25, 0.3) is 0 Å². The molecule has 3 aromatic rings. The number of fused-ring (bicyclic) bond motifs is 1. The number of carbonyl (C=O) groups excluding carboxylic acids is 1. The van der Waals surface area contributed by atoms with E-state index in [0.717, 1.165) is 36.2 Å². The molecule has 0 fully saturated rings. The van der Waals surface area contributed by atoms with Gasteiger partial charge in [0.05, 0.1) is 29.5 Å². The second-order valence-corrected chi connectivity index (χ2v) is 9.60. The molecular formula is C26H29F2N3O. The van der Waals surface area contributed by atoms with Gasteiger partial charge in [0.2, 0.25) is 5.91 Å². The van der Waals surface area contributed by atoms with E-state index in [-0.39, 0.29) is 23.8 Å². The molecule has 32 heavy (non-hydrogen) atoms. The standard InChI is InChI=1S/C26H29F2N3O/c1-16(18-9-8-17-6-5-7-19(17)12-18)25(32)29-15-21-14-24(26(2,3)4)30-31(21)20-10-11-22(27)23(28)13-20/h8-14,16H,5-7,15H2,1-4H3,(H,29,32). The Bertz CT molecular complexity index is 1160. The Morgan fingerprint density at radius 3 is 2.53 bits per heavy atom. The lowest BCUT2D eigenvalue weighted by atomic mass is 9.92. The van der Waals surface area contributed by atoms with Gasteiger partial charge < -0.3 is 5.32 Å². The second kappa shape index (κ2) is 8.49. The highest BCUT2D eigenvalue weighted by molar-refractivity contribution is 5.83. The fourth-order valence-corrected chi connectivity index (χ4v) is 4.10. The van der Waals surface area contributed by atoms with Crippen LogP contribution in [0.25, 0.3) is 5.69 Å². The van der Waals surface area contributed by atoms with Gasteiger partial charge in [0, 0.05) is 11.5 Å². The molecule has 4 nitrogen and oxygen atoms in total. The highest BCUT2D eigenvalue weighted by Gasteiger charge is 2.23. The highest BCUT2D eigenvalue weighted by atomic mass is 19.2. The third kappa shape index (κ3) is 4.45. The Kier molecular flexibility index (Phi) is 5.89. The monoisotopic (exact) mass is 437 g/mol. The lowest BCUT2D eigenvalue weighted by Gasteiger charge is -2.15. The fourth-order valence-electron chi connectivity index (χ4n) is 4.10. The molecule has 1 N–H and O–H groups in total. The van der Waals surface area contributed by atoms with Crippen LogP contribution in [0.1, 0.15) is 68.1 Å². The van der Waals surface area contributed by atoms with Gasteiger partial charge in [-0.05, 0) is 61.1 Å². The van der Waals surface area contributed by atoms with Crippen molar-refractivity contribution in [2.24, 2.45) is 0 Å². The molecule has 1 atom stereocenters. The molecule has 0 spiro atoms. The van der Waals surface area contributed by atoms with Crippen molar-refractivity contribution >= 4 is 5.91 Å². The van der Waals surface area contributed by atoms with Gasteiger partial charge in [-0.15, -0.1) is 0 Å². The van der Waals surface area contributed by atoms with Crippen LogP contribution < -0.4 is 5.32 Å². The van der Waals surface area contributed by atoms with Crippen LogP contribution in [0.3, 0.4) is 0 Å². The van der Waals surface area contributed by atoms with Gasteiger partial charge in [0.15, 0.2) is 11.6 Å². The minimum absolute atomic E-state index is 0.0849. The summed E-state index contributed by atoms with van der Waals surface area (Å²) in [4.78, 5) is 12.9. The molecule has 0 saturated carbocycles. The molecule has 1 aliphatic carbocycles. The number of nitrogens with zero attached hydrogens (tertiary/aromatic N) is 2. The molecule has 1 aliphatic rings. The van der Waals surface area contributed by atoms with E-state index < -0.39 is 11.6 Å². The van der Waals surface area contributed by atoms with Crippen molar-refractivity contribution in [3.8, 4) is 5.69 Å². The third-order valence-corrected chi connectivity index (χ3v) is 6.16. The highest BCUT2D eigenvalue weighted by Crippen LogP contribution is 2.27. The summed E-state index contributed by atoms with van der Waals surface area (Å²) in [6.45, 7) is 8.23. The normalized spacial score (nSPS) is 14.3. The topological polar surface area (TPSA) is 46.9 Å². The first-order chi connectivity index (χ1) is 15.1. The quantitative estimate of drug-likeness (QED) is 0.584. The zero-order valence-electron chi connectivity index (χ0n) is 19.0. The van der Waals surface area contributed by atoms with Gasteiger partial charge in [-0.25, -0.2) is 13.5 Å². The average molecular weight is 438 g/mol. The maximum Gasteiger partial charge on any atom is 0.227 e. The van der Waals surface area contributed by atoms with E-state index in [9.17, 15) is 13.6 Å². The molecule has 1 unspecified atom stereocenters. The van der Waals surface area contributed by atoms with Gasteiger partial charge in [0.1, 0.15) is 0 Å². The maximum atomic E-state index is 13.9. The molecule has 6 heteroatoms. The summed E-state index contributed by atoms with van der Waals surface area (Å²) in [5, 5.41) is 7.62. The van der Waals surface area contributed by atoms with Crippen LogP contribution >= 0.6 is 0 Å². The van der Waals surface area contributed by atoms with Crippen molar-refractivity contribution in [2.45, 2.75) is 64.8 Å². The Balaban J connectivity index is 1.56. The molecule has 1 heterocycles. The van der Waals surface area contributed by atoms with E-state index in [2.05, 4.69) is 22.5 Å². The number of hydrogen-bond acceptors (Lipinski definition) is 2. The smallest absolute Gasteiger partial charge is 0.227 e. The molecule has 4 rings (SSSR count). The molecular weight excluding hydrogens is 408 g/mol. The average Bonchev–Trinajstić information content (AvgIpc) is 3.39. The summed E-state index contributed by atoms with van der Waals surface area (Å²) >= 11 is 0. The molecule has 0 radical (unpaired) electrons.